The second kappa shape index (κ2) is 4.47. The number of hydrogen-bond donors (Lipinski definition) is 2. The summed E-state index contributed by atoms with van der Waals surface area (Å²) >= 11 is 0. The summed E-state index contributed by atoms with van der Waals surface area (Å²) < 4.78 is 32.9. The first-order valence-electron chi connectivity index (χ1n) is 6.47. The van der Waals surface area contributed by atoms with Gasteiger partial charge in [-0.05, 0) is 43.5 Å². The van der Waals surface area contributed by atoms with E-state index in [1.807, 2.05) is 13.0 Å². The summed E-state index contributed by atoms with van der Waals surface area (Å²) in [6.45, 7) is 3.79. The van der Waals surface area contributed by atoms with E-state index in [2.05, 4.69) is 10.0 Å². The van der Waals surface area contributed by atoms with Crippen molar-refractivity contribution in [2.45, 2.75) is 30.2 Å². The van der Waals surface area contributed by atoms with Crippen LogP contribution in [0.3, 0.4) is 0 Å². The molecule has 6 heteroatoms. The Morgan fingerprint density at radius 1 is 1.42 bits per heavy atom. The maximum atomic E-state index is 12.4. The molecule has 0 aliphatic carbocycles. The number of rotatable bonds is 3. The molecule has 19 heavy (non-hydrogen) atoms. The summed E-state index contributed by atoms with van der Waals surface area (Å²) in [5.74, 6) is 0. The van der Waals surface area contributed by atoms with Gasteiger partial charge in [-0.1, -0.05) is 0 Å². The molecule has 1 fully saturated rings. The smallest absolute Gasteiger partial charge is 0.241 e. The molecule has 0 bridgehead atoms. The van der Waals surface area contributed by atoms with Crippen molar-refractivity contribution in [3.05, 3.63) is 23.8 Å². The molecule has 3 rings (SSSR count). The average Bonchev–Trinajstić information content (AvgIpc) is 2.96. The molecule has 1 aromatic rings. The van der Waals surface area contributed by atoms with Gasteiger partial charge in [0.05, 0.1) is 17.0 Å². The van der Waals surface area contributed by atoms with Gasteiger partial charge in [-0.25, -0.2) is 13.1 Å². The fraction of sp³-hybridized carbons (Fsp3) is 0.538. The topological polar surface area (TPSA) is 67.4 Å². The van der Waals surface area contributed by atoms with Crippen LogP contribution in [0.5, 0.6) is 0 Å². The summed E-state index contributed by atoms with van der Waals surface area (Å²) in [5.41, 5.74) is 1.61. The summed E-state index contributed by atoms with van der Waals surface area (Å²) in [6.07, 6.45) is 1.58. The number of ether oxygens (including phenoxy) is 1. The highest BCUT2D eigenvalue weighted by molar-refractivity contribution is 7.89. The lowest BCUT2D eigenvalue weighted by Crippen LogP contribution is -2.46. The van der Waals surface area contributed by atoms with E-state index in [0.717, 1.165) is 24.2 Å². The minimum atomic E-state index is -3.48. The highest BCUT2D eigenvalue weighted by Crippen LogP contribution is 2.26. The van der Waals surface area contributed by atoms with Crippen LogP contribution in [0.2, 0.25) is 0 Å². The molecule has 0 aromatic heterocycles. The van der Waals surface area contributed by atoms with E-state index in [0.29, 0.717) is 24.5 Å². The van der Waals surface area contributed by atoms with Crippen molar-refractivity contribution >= 4 is 15.7 Å². The lowest BCUT2D eigenvalue weighted by molar-refractivity contribution is 0.178. The van der Waals surface area contributed by atoms with E-state index >= 15 is 0 Å². The lowest BCUT2D eigenvalue weighted by atomic mass is 10.0. The summed E-state index contributed by atoms with van der Waals surface area (Å²) in [5, 5.41) is 3.22. The van der Waals surface area contributed by atoms with Crippen LogP contribution in [0.1, 0.15) is 18.9 Å². The van der Waals surface area contributed by atoms with Gasteiger partial charge >= 0.3 is 0 Å². The molecule has 5 nitrogen and oxygen atoms in total. The van der Waals surface area contributed by atoms with Crippen LogP contribution in [0.25, 0.3) is 0 Å². The molecule has 1 aromatic carbocycles. The second-order valence-corrected chi connectivity index (χ2v) is 7.15. The van der Waals surface area contributed by atoms with E-state index in [1.54, 1.807) is 12.1 Å². The third-order valence-corrected chi connectivity index (χ3v) is 5.33. The number of fused-ring (bicyclic) bond motifs is 1. The molecular weight excluding hydrogens is 264 g/mol. The van der Waals surface area contributed by atoms with Crippen LogP contribution in [0.4, 0.5) is 5.69 Å². The molecule has 1 unspecified atom stereocenters. The number of anilines is 1. The third-order valence-electron chi connectivity index (χ3n) is 3.70. The normalized spacial score (nSPS) is 26.2. The predicted octanol–water partition coefficient (Wildman–Crippen LogP) is 1.11. The van der Waals surface area contributed by atoms with Gasteiger partial charge in [-0.2, -0.15) is 0 Å². The number of sulfonamides is 1. The van der Waals surface area contributed by atoms with Gasteiger partial charge < -0.3 is 10.1 Å². The van der Waals surface area contributed by atoms with E-state index in [9.17, 15) is 8.42 Å². The van der Waals surface area contributed by atoms with Crippen molar-refractivity contribution in [3.8, 4) is 0 Å². The van der Waals surface area contributed by atoms with Gasteiger partial charge in [0.15, 0.2) is 0 Å². The molecule has 0 radical (unpaired) electrons. The quantitative estimate of drug-likeness (QED) is 0.871. The number of nitrogens with one attached hydrogen (secondary N) is 2. The zero-order valence-corrected chi connectivity index (χ0v) is 11.7. The molecule has 104 valence electrons. The first kappa shape index (κ1) is 12.9. The zero-order valence-electron chi connectivity index (χ0n) is 10.9. The predicted molar refractivity (Wildman–Crippen MR) is 72.8 cm³/mol. The standard InChI is InChI=1S/C13H18N2O3S/c1-13(5-7-18-9-13)15-19(16,17)11-2-3-12-10(8-11)4-6-14-12/h2-3,8,14-15H,4-7,9H2,1H3. The van der Waals surface area contributed by atoms with Gasteiger partial charge in [0.1, 0.15) is 0 Å². The van der Waals surface area contributed by atoms with Crippen molar-refractivity contribution in [1.82, 2.24) is 4.72 Å². The fourth-order valence-corrected chi connectivity index (χ4v) is 4.05. The van der Waals surface area contributed by atoms with E-state index in [1.165, 1.54) is 0 Å². The molecular formula is C13H18N2O3S. The SMILES string of the molecule is CC1(NS(=O)(=O)c2ccc3c(c2)CCN3)CCOC1. The Morgan fingerprint density at radius 3 is 3.00 bits per heavy atom. The monoisotopic (exact) mass is 282 g/mol. The van der Waals surface area contributed by atoms with Crippen molar-refractivity contribution < 1.29 is 13.2 Å². The molecule has 1 saturated heterocycles. The van der Waals surface area contributed by atoms with Gasteiger partial charge in [0.25, 0.3) is 0 Å². The fourth-order valence-electron chi connectivity index (χ4n) is 2.58. The minimum Gasteiger partial charge on any atom is -0.384 e. The van der Waals surface area contributed by atoms with E-state index in [-0.39, 0.29) is 0 Å². The molecule has 2 aliphatic rings. The van der Waals surface area contributed by atoms with Gasteiger partial charge in [0.2, 0.25) is 10.0 Å². The molecule has 2 N–H and O–H groups in total. The maximum Gasteiger partial charge on any atom is 0.241 e. The molecule has 0 amide bonds. The van der Waals surface area contributed by atoms with Crippen molar-refractivity contribution in [1.29, 1.82) is 0 Å². The van der Waals surface area contributed by atoms with Crippen LogP contribution in [0, 0.1) is 0 Å². The first-order valence-corrected chi connectivity index (χ1v) is 7.95. The largest absolute Gasteiger partial charge is 0.384 e. The Morgan fingerprint density at radius 2 is 2.26 bits per heavy atom. The zero-order chi connectivity index (χ0) is 13.5. The van der Waals surface area contributed by atoms with Crippen LogP contribution in [-0.2, 0) is 21.2 Å². The van der Waals surface area contributed by atoms with Crippen LogP contribution < -0.4 is 10.0 Å². The highest BCUT2D eigenvalue weighted by Gasteiger charge is 2.34. The number of benzene rings is 1. The molecule has 2 aliphatic heterocycles. The van der Waals surface area contributed by atoms with E-state index < -0.39 is 15.6 Å². The van der Waals surface area contributed by atoms with Crippen molar-refractivity contribution in [2.24, 2.45) is 0 Å². The van der Waals surface area contributed by atoms with Gasteiger partial charge in [-0.3, -0.25) is 0 Å². The Kier molecular flexibility index (Phi) is 3.03. The molecule has 1 atom stereocenters. The van der Waals surface area contributed by atoms with Crippen LogP contribution in [0.15, 0.2) is 23.1 Å². The Hall–Kier alpha value is -1.11. The van der Waals surface area contributed by atoms with Crippen LogP contribution in [-0.4, -0.2) is 33.7 Å². The van der Waals surface area contributed by atoms with E-state index in [4.69, 9.17) is 4.74 Å². The lowest BCUT2D eigenvalue weighted by Gasteiger charge is -2.23. The summed E-state index contributed by atoms with van der Waals surface area (Å²) in [6, 6.07) is 5.25. The minimum absolute atomic E-state index is 0.336. The average molecular weight is 282 g/mol. The number of hydrogen-bond acceptors (Lipinski definition) is 4. The maximum absolute atomic E-state index is 12.4. The highest BCUT2D eigenvalue weighted by atomic mass is 32.2. The Balaban J connectivity index is 1.88. The van der Waals surface area contributed by atoms with Gasteiger partial charge in [-0.15, -0.1) is 0 Å². The van der Waals surface area contributed by atoms with Crippen molar-refractivity contribution in [3.63, 3.8) is 0 Å². The Labute approximate surface area is 113 Å². The summed E-state index contributed by atoms with van der Waals surface area (Å²) in [4.78, 5) is 0.336. The second-order valence-electron chi connectivity index (χ2n) is 5.46. The first-order chi connectivity index (χ1) is 8.99. The molecule has 0 spiro atoms. The molecule has 0 saturated carbocycles. The van der Waals surface area contributed by atoms with Crippen molar-refractivity contribution in [2.75, 3.05) is 25.1 Å². The van der Waals surface area contributed by atoms with Gasteiger partial charge in [0, 0.05) is 18.8 Å². The third kappa shape index (κ3) is 2.48. The van der Waals surface area contributed by atoms with Crippen LogP contribution >= 0.6 is 0 Å². The Bertz CT molecular complexity index is 592. The summed E-state index contributed by atoms with van der Waals surface area (Å²) in [7, 11) is -3.48. The molecule has 2 heterocycles.